The number of carbonyl (C=O) groups excluding carboxylic acids is 1. The number of methoxy groups -OCH3 is 2. The van der Waals surface area contributed by atoms with Gasteiger partial charge in [0, 0.05) is 11.8 Å². The fourth-order valence-corrected chi connectivity index (χ4v) is 6.71. The molecule has 1 amide bonds. The van der Waals surface area contributed by atoms with Gasteiger partial charge >= 0.3 is 0 Å². The predicted molar refractivity (Wildman–Crippen MR) is 162 cm³/mol. The van der Waals surface area contributed by atoms with E-state index in [-0.39, 0.29) is 21.2 Å². The maximum Gasteiger partial charge on any atom is 0.264 e. The molecule has 0 heterocycles. The van der Waals surface area contributed by atoms with Crippen molar-refractivity contribution in [3.8, 4) is 11.5 Å². The van der Waals surface area contributed by atoms with Crippen LogP contribution in [0.5, 0.6) is 11.5 Å². The first-order chi connectivity index (χ1) is 19.9. The molecule has 2 N–H and O–H groups in total. The molecule has 4 rings (SSSR count). The summed E-state index contributed by atoms with van der Waals surface area (Å²) >= 11 is 0. The number of nitrogens with zero attached hydrogens (tertiary/aromatic N) is 1. The van der Waals surface area contributed by atoms with Crippen molar-refractivity contribution >= 4 is 43.0 Å². The number of nitrogens with one attached hydrogen (secondary N) is 2. The zero-order valence-corrected chi connectivity index (χ0v) is 25.1. The molecule has 0 aliphatic heterocycles. The van der Waals surface area contributed by atoms with Gasteiger partial charge in [-0.2, -0.15) is 0 Å². The highest BCUT2D eigenvalue weighted by Crippen LogP contribution is 2.31. The summed E-state index contributed by atoms with van der Waals surface area (Å²) in [5, 5.41) is 2.66. The van der Waals surface area contributed by atoms with Gasteiger partial charge in [0.25, 0.3) is 20.0 Å². The predicted octanol–water partition coefficient (Wildman–Crippen LogP) is 4.96. The molecule has 0 saturated heterocycles. The molecule has 42 heavy (non-hydrogen) atoms. The number of aryl methyl sites for hydroxylation is 2. The van der Waals surface area contributed by atoms with Gasteiger partial charge in [-0.25, -0.2) is 16.8 Å². The monoisotopic (exact) mass is 609 g/mol. The molecule has 10 nitrogen and oxygen atoms in total. The van der Waals surface area contributed by atoms with Crippen molar-refractivity contribution in [1.29, 1.82) is 0 Å². The van der Waals surface area contributed by atoms with Crippen LogP contribution in [-0.2, 0) is 24.8 Å². The van der Waals surface area contributed by atoms with Crippen molar-refractivity contribution in [1.82, 2.24) is 0 Å². The molecule has 0 fully saturated rings. The molecule has 0 bridgehead atoms. The molecule has 0 spiro atoms. The lowest BCUT2D eigenvalue weighted by molar-refractivity contribution is -0.114. The van der Waals surface area contributed by atoms with Crippen molar-refractivity contribution in [3.63, 3.8) is 0 Å². The van der Waals surface area contributed by atoms with Gasteiger partial charge in [0.15, 0.2) is 0 Å². The highest BCUT2D eigenvalue weighted by atomic mass is 32.2. The molecule has 220 valence electrons. The van der Waals surface area contributed by atoms with Crippen LogP contribution in [0.4, 0.5) is 17.1 Å². The SMILES string of the molecule is COc1ccc(OC)c(NS(=O)(=O)c2ccc(NC(=O)CN(c3cc(C)ccc3C)S(=O)(=O)c3ccccc3)cc2)c1. The van der Waals surface area contributed by atoms with Crippen molar-refractivity contribution in [3.05, 3.63) is 102 Å². The maximum absolute atomic E-state index is 13.6. The third kappa shape index (κ3) is 6.84. The Labute approximate surface area is 246 Å². The van der Waals surface area contributed by atoms with Crippen LogP contribution in [0.2, 0.25) is 0 Å². The Kier molecular flexibility index (Phi) is 9.08. The molecule has 4 aromatic carbocycles. The largest absolute Gasteiger partial charge is 0.497 e. The Hall–Kier alpha value is -4.55. The Bertz CT molecular complexity index is 1790. The van der Waals surface area contributed by atoms with Crippen molar-refractivity contribution < 1.29 is 31.1 Å². The van der Waals surface area contributed by atoms with Crippen LogP contribution in [-0.4, -0.2) is 43.5 Å². The molecular formula is C30H31N3O7S2. The molecule has 0 unspecified atom stereocenters. The number of anilines is 3. The normalized spacial score (nSPS) is 11.4. The van der Waals surface area contributed by atoms with Gasteiger partial charge < -0.3 is 14.8 Å². The summed E-state index contributed by atoms with van der Waals surface area (Å²) in [5.41, 5.74) is 2.38. The standard InChI is InChI=1S/C30H31N3O7S2/c1-21-10-11-22(2)28(18-21)33(42(37,38)26-8-6-5-7-9-26)20-30(34)31-23-12-15-25(16-13-23)41(35,36)32-27-19-24(39-3)14-17-29(27)40-4/h5-19,32H,20H2,1-4H3,(H,31,34). The summed E-state index contributed by atoms with van der Waals surface area (Å²) in [7, 11) is -5.21. The molecule has 0 atom stereocenters. The Morgan fingerprint density at radius 1 is 0.786 bits per heavy atom. The number of ether oxygens (including phenoxy) is 2. The Balaban J connectivity index is 1.55. The van der Waals surface area contributed by atoms with Crippen molar-refractivity contribution in [2.75, 3.05) is 35.1 Å². The van der Waals surface area contributed by atoms with E-state index in [4.69, 9.17) is 9.47 Å². The first-order valence-corrected chi connectivity index (χ1v) is 15.7. The number of hydrogen-bond acceptors (Lipinski definition) is 7. The fourth-order valence-electron chi connectivity index (χ4n) is 4.15. The minimum absolute atomic E-state index is 0.0495. The van der Waals surface area contributed by atoms with E-state index in [1.165, 1.54) is 56.7 Å². The molecule has 4 aromatic rings. The molecule has 0 aliphatic carbocycles. The highest BCUT2D eigenvalue weighted by molar-refractivity contribution is 7.93. The zero-order valence-electron chi connectivity index (χ0n) is 23.5. The smallest absolute Gasteiger partial charge is 0.264 e. The van der Waals surface area contributed by atoms with E-state index in [1.807, 2.05) is 13.0 Å². The van der Waals surface area contributed by atoms with Gasteiger partial charge in [-0.3, -0.25) is 13.8 Å². The Morgan fingerprint density at radius 3 is 2.12 bits per heavy atom. The van der Waals surface area contributed by atoms with Crippen LogP contribution < -0.4 is 23.8 Å². The van der Waals surface area contributed by atoms with E-state index in [2.05, 4.69) is 10.0 Å². The third-order valence-corrected chi connectivity index (χ3v) is 9.51. The number of hydrogen-bond donors (Lipinski definition) is 2. The first-order valence-electron chi connectivity index (χ1n) is 12.7. The van der Waals surface area contributed by atoms with E-state index in [1.54, 1.807) is 49.4 Å². The highest BCUT2D eigenvalue weighted by Gasteiger charge is 2.28. The number of sulfonamides is 2. The van der Waals surface area contributed by atoms with Gasteiger partial charge in [-0.15, -0.1) is 0 Å². The average molecular weight is 610 g/mol. The topological polar surface area (TPSA) is 131 Å². The van der Waals surface area contributed by atoms with Gasteiger partial charge in [0.1, 0.15) is 18.0 Å². The number of rotatable bonds is 11. The van der Waals surface area contributed by atoms with E-state index in [0.29, 0.717) is 22.7 Å². The van der Waals surface area contributed by atoms with Gasteiger partial charge in [-0.05, 0) is 79.6 Å². The number of amides is 1. The average Bonchev–Trinajstić information content (AvgIpc) is 2.97. The quantitative estimate of drug-likeness (QED) is 0.246. The minimum atomic E-state index is -4.08. The van der Waals surface area contributed by atoms with Crippen LogP contribution in [0.15, 0.2) is 101 Å². The lowest BCUT2D eigenvalue weighted by Crippen LogP contribution is -2.38. The summed E-state index contributed by atoms with van der Waals surface area (Å²) < 4.78 is 67.3. The van der Waals surface area contributed by atoms with Crippen molar-refractivity contribution in [2.45, 2.75) is 23.6 Å². The van der Waals surface area contributed by atoms with Crippen LogP contribution in [0.3, 0.4) is 0 Å². The minimum Gasteiger partial charge on any atom is -0.497 e. The lowest BCUT2D eigenvalue weighted by atomic mass is 10.1. The van der Waals surface area contributed by atoms with E-state index < -0.39 is 32.5 Å². The van der Waals surface area contributed by atoms with E-state index in [9.17, 15) is 21.6 Å². The number of benzene rings is 4. The second-order valence-corrected chi connectivity index (χ2v) is 12.9. The lowest BCUT2D eigenvalue weighted by Gasteiger charge is -2.26. The molecule has 12 heteroatoms. The van der Waals surface area contributed by atoms with Gasteiger partial charge in [0.2, 0.25) is 5.91 Å². The second-order valence-electron chi connectivity index (χ2n) is 9.36. The number of carbonyl (C=O) groups is 1. The van der Waals surface area contributed by atoms with Crippen LogP contribution in [0, 0.1) is 13.8 Å². The van der Waals surface area contributed by atoms with Gasteiger partial charge in [0.05, 0.1) is 35.4 Å². The molecule has 0 aliphatic rings. The molecule has 0 radical (unpaired) electrons. The third-order valence-electron chi connectivity index (χ3n) is 6.35. The van der Waals surface area contributed by atoms with Crippen molar-refractivity contribution in [2.24, 2.45) is 0 Å². The molecule has 0 aromatic heterocycles. The summed E-state index contributed by atoms with van der Waals surface area (Å²) in [6, 6.07) is 23.5. The summed E-state index contributed by atoms with van der Waals surface area (Å²) in [6.07, 6.45) is 0. The van der Waals surface area contributed by atoms with E-state index >= 15 is 0 Å². The first kappa shape index (κ1) is 30.4. The maximum atomic E-state index is 13.6. The fraction of sp³-hybridized carbons (Fsp3) is 0.167. The van der Waals surface area contributed by atoms with Crippen LogP contribution in [0.1, 0.15) is 11.1 Å². The zero-order chi connectivity index (χ0) is 30.5. The van der Waals surface area contributed by atoms with Crippen LogP contribution >= 0.6 is 0 Å². The Morgan fingerprint density at radius 2 is 1.48 bits per heavy atom. The summed E-state index contributed by atoms with van der Waals surface area (Å²) in [5.74, 6) is 0.142. The summed E-state index contributed by atoms with van der Waals surface area (Å²) in [4.78, 5) is 13.1. The molecular weight excluding hydrogens is 578 g/mol. The van der Waals surface area contributed by atoms with Crippen LogP contribution in [0.25, 0.3) is 0 Å². The molecule has 0 saturated carbocycles. The summed E-state index contributed by atoms with van der Waals surface area (Å²) in [6.45, 7) is 3.11. The second kappa shape index (κ2) is 12.5. The van der Waals surface area contributed by atoms with Gasteiger partial charge in [-0.1, -0.05) is 30.3 Å². The van der Waals surface area contributed by atoms with E-state index in [0.717, 1.165) is 9.87 Å².